The van der Waals surface area contributed by atoms with Crippen molar-refractivity contribution in [3.05, 3.63) is 28.9 Å². The average Bonchev–Trinajstić information content (AvgIpc) is 2.77. The second-order valence-corrected chi connectivity index (χ2v) is 4.72. The Labute approximate surface area is 109 Å². The molecule has 3 heterocycles. The predicted molar refractivity (Wildman–Crippen MR) is 72.8 cm³/mol. The molecule has 0 saturated heterocycles. The fourth-order valence-electron chi connectivity index (χ4n) is 2.08. The van der Waals surface area contributed by atoms with Gasteiger partial charge in [0, 0.05) is 37.5 Å². The molecule has 0 radical (unpaired) electrons. The summed E-state index contributed by atoms with van der Waals surface area (Å²) in [6.45, 7) is 0.801. The normalized spacial score (nSPS) is 18.8. The van der Waals surface area contributed by atoms with Gasteiger partial charge in [-0.05, 0) is 12.1 Å². The van der Waals surface area contributed by atoms with Crippen molar-refractivity contribution in [1.82, 2.24) is 15.0 Å². The Bertz CT molecular complexity index is 640. The highest BCUT2D eigenvalue weighted by molar-refractivity contribution is 6.35. The van der Waals surface area contributed by atoms with Crippen molar-refractivity contribution in [2.45, 2.75) is 5.92 Å². The zero-order valence-corrected chi connectivity index (χ0v) is 10.6. The average molecular weight is 262 g/mol. The largest absolute Gasteiger partial charge is 0.384 e. The lowest BCUT2D eigenvalue weighted by Gasteiger charge is -2.12. The molecule has 2 aromatic heterocycles. The number of aromatic nitrogens is 2. The third-order valence-electron chi connectivity index (χ3n) is 3.00. The van der Waals surface area contributed by atoms with E-state index in [0.717, 1.165) is 17.6 Å². The van der Waals surface area contributed by atoms with Crippen LogP contribution in [0.2, 0.25) is 5.02 Å². The van der Waals surface area contributed by atoms with E-state index >= 15 is 0 Å². The number of likely N-dealkylation sites (N-methyl/N-ethyl adjacent to an activating group) is 1. The standard InChI is InChI=1S/C12H12ClN5/c1-18-6-7(4-16-18)8-5-15-9-2-3-10(14)17-12(9)11(8)13/h2-5,7H,6H2,1H3,(H2,14,17). The Morgan fingerprint density at radius 3 is 3.00 bits per heavy atom. The number of nitrogens with zero attached hydrogens (tertiary/aromatic N) is 4. The van der Waals surface area contributed by atoms with Gasteiger partial charge in [0.1, 0.15) is 11.3 Å². The maximum absolute atomic E-state index is 6.40. The number of nitrogen functional groups attached to an aromatic ring is 1. The van der Waals surface area contributed by atoms with Gasteiger partial charge in [-0.1, -0.05) is 11.6 Å². The van der Waals surface area contributed by atoms with Crippen LogP contribution in [0.1, 0.15) is 11.5 Å². The first kappa shape index (κ1) is 11.2. The van der Waals surface area contributed by atoms with Gasteiger partial charge in [0.05, 0.1) is 10.5 Å². The summed E-state index contributed by atoms with van der Waals surface area (Å²) in [4.78, 5) is 8.62. The molecular formula is C12H12ClN5. The molecule has 1 atom stereocenters. The molecule has 0 aromatic carbocycles. The predicted octanol–water partition coefficient (Wildman–Crippen LogP) is 1.88. The maximum atomic E-state index is 6.40. The molecule has 18 heavy (non-hydrogen) atoms. The quantitative estimate of drug-likeness (QED) is 0.851. The Kier molecular flexibility index (Phi) is 2.56. The monoisotopic (exact) mass is 261 g/mol. The fourth-order valence-corrected chi connectivity index (χ4v) is 2.40. The van der Waals surface area contributed by atoms with Crippen LogP contribution < -0.4 is 5.73 Å². The molecule has 1 unspecified atom stereocenters. The highest BCUT2D eigenvalue weighted by Gasteiger charge is 2.21. The summed E-state index contributed by atoms with van der Waals surface area (Å²) >= 11 is 6.40. The Hall–Kier alpha value is -1.88. The molecule has 0 saturated carbocycles. The molecule has 1 aliphatic heterocycles. The number of fused-ring (bicyclic) bond motifs is 1. The first-order chi connectivity index (χ1) is 8.65. The third kappa shape index (κ3) is 1.76. The van der Waals surface area contributed by atoms with E-state index in [0.29, 0.717) is 16.4 Å². The van der Waals surface area contributed by atoms with Crippen molar-refractivity contribution in [2.24, 2.45) is 5.10 Å². The van der Waals surface area contributed by atoms with Crippen LogP contribution in [0.5, 0.6) is 0 Å². The number of hydrogen-bond donors (Lipinski definition) is 1. The molecule has 2 aromatic rings. The summed E-state index contributed by atoms with van der Waals surface area (Å²) in [7, 11) is 1.93. The van der Waals surface area contributed by atoms with Crippen LogP contribution in [-0.2, 0) is 0 Å². The van der Waals surface area contributed by atoms with E-state index in [1.807, 2.05) is 24.3 Å². The number of halogens is 1. The number of hydrogen-bond acceptors (Lipinski definition) is 5. The summed E-state index contributed by atoms with van der Waals surface area (Å²) < 4.78 is 0. The lowest BCUT2D eigenvalue weighted by molar-refractivity contribution is 0.381. The van der Waals surface area contributed by atoms with Crippen molar-refractivity contribution in [2.75, 3.05) is 19.3 Å². The highest BCUT2D eigenvalue weighted by atomic mass is 35.5. The van der Waals surface area contributed by atoms with Crippen LogP contribution in [0.25, 0.3) is 11.0 Å². The Balaban J connectivity index is 2.14. The number of rotatable bonds is 1. The second-order valence-electron chi connectivity index (χ2n) is 4.34. The van der Waals surface area contributed by atoms with E-state index in [1.165, 1.54) is 0 Å². The van der Waals surface area contributed by atoms with Gasteiger partial charge in [-0.25, -0.2) is 4.98 Å². The van der Waals surface area contributed by atoms with Gasteiger partial charge in [-0.15, -0.1) is 0 Å². The summed E-state index contributed by atoms with van der Waals surface area (Å²) in [6.07, 6.45) is 3.67. The third-order valence-corrected chi connectivity index (χ3v) is 3.40. The summed E-state index contributed by atoms with van der Waals surface area (Å²) in [5.74, 6) is 0.600. The molecule has 5 nitrogen and oxygen atoms in total. The summed E-state index contributed by atoms with van der Waals surface area (Å²) in [5, 5.41) is 6.69. The lowest BCUT2D eigenvalue weighted by Crippen LogP contribution is -2.12. The van der Waals surface area contributed by atoms with E-state index in [1.54, 1.807) is 12.3 Å². The number of pyridine rings is 2. The Morgan fingerprint density at radius 2 is 2.28 bits per heavy atom. The molecule has 1 aliphatic rings. The number of hydrazone groups is 1. The molecule has 6 heteroatoms. The topological polar surface area (TPSA) is 67.4 Å². The van der Waals surface area contributed by atoms with E-state index < -0.39 is 0 Å². The molecule has 3 rings (SSSR count). The van der Waals surface area contributed by atoms with Crippen LogP contribution >= 0.6 is 11.6 Å². The molecule has 92 valence electrons. The fraction of sp³-hybridized carbons (Fsp3) is 0.250. The van der Waals surface area contributed by atoms with Crippen LogP contribution in [0.15, 0.2) is 23.4 Å². The number of anilines is 1. The highest BCUT2D eigenvalue weighted by Crippen LogP contribution is 2.31. The number of nitrogens with two attached hydrogens (primary N) is 1. The van der Waals surface area contributed by atoms with Crippen molar-refractivity contribution in [1.29, 1.82) is 0 Å². The van der Waals surface area contributed by atoms with E-state index in [9.17, 15) is 0 Å². The lowest BCUT2D eigenvalue weighted by atomic mass is 10.0. The SMILES string of the molecule is CN1CC(c2cnc3ccc(N)nc3c2Cl)C=N1. The van der Waals surface area contributed by atoms with Crippen LogP contribution in [0.3, 0.4) is 0 Å². The van der Waals surface area contributed by atoms with E-state index in [2.05, 4.69) is 15.1 Å². The first-order valence-electron chi connectivity index (χ1n) is 5.61. The summed E-state index contributed by atoms with van der Waals surface area (Å²) in [5.41, 5.74) is 8.03. The van der Waals surface area contributed by atoms with Gasteiger partial charge in [0.15, 0.2) is 0 Å². The van der Waals surface area contributed by atoms with Gasteiger partial charge in [-0.2, -0.15) is 5.10 Å². The minimum atomic E-state index is 0.155. The van der Waals surface area contributed by atoms with Gasteiger partial charge in [0.2, 0.25) is 0 Å². The maximum Gasteiger partial charge on any atom is 0.124 e. The van der Waals surface area contributed by atoms with E-state index in [4.69, 9.17) is 17.3 Å². The molecule has 0 spiro atoms. The molecule has 0 fully saturated rings. The molecule has 2 N–H and O–H groups in total. The molecule has 0 aliphatic carbocycles. The molecule has 0 amide bonds. The second kappa shape index (κ2) is 4.10. The van der Waals surface area contributed by atoms with Crippen molar-refractivity contribution >= 4 is 34.7 Å². The van der Waals surface area contributed by atoms with Crippen molar-refractivity contribution < 1.29 is 0 Å². The van der Waals surface area contributed by atoms with Gasteiger partial charge in [0.25, 0.3) is 0 Å². The summed E-state index contributed by atoms with van der Waals surface area (Å²) in [6, 6.07) is 3.54. The van der Waals surface area contributed by atoms with E-state index in [-0.39, 0.29) is 5.92 Å². The van der Waals surface area contributed by atoms with Crippen LogP contribution in [-0.4, -0.2) is 34.8 Å². The van der Waals surface area contributed by atoms with Gasteiger partial charge < -0.3 is 5.73 Å². The van der Waals surface area contributed by atoms with Gasteiger partial charge in [-0.3, -0.25) is 9.99 Å². The first-order valence-corrected chi connectivity index (χ1v) is 5.99. The molecule has 0 bridgehead atoms. The van der Waals surface area contributed by atoms with Gasteiger partial charge >= 0.3 is 0 Å². The Morgan fingerprint density at radius 1 is 1.44 bits per heavy atom. The minimum Gasteiger partial charge on any atom is -0.384 e. The zero-order valence-electron chi connectivity index (χ0n) is 9.84. The van der Waals surface area contributed by atoms with Crippen LogP contribution in [0, 0.1) is 0 Å². The molecular weight excluding hydrogens is 250 g/mol. The minimum absolute atomic E-state index is 0.155. The van der Waals surface area contributed by atoms with Crippen LogP contribution in [0.4, 0.5) is 5.82 Å². The smallest absolute Gasteiger partial charge is 0.124 e. The van der Waals surface area contributed by atoms with Crippen molar-refractivity contribution in [3.63, 3.8) is 0 Å². The van der Waals surface area contributed by atoms with Crippen molar-refractivity contribution in [3.8, 4) is 0 Å². The zero-order chi connectivity index (χ0) is 12.7.